The maximum atomic E-state index is 15.5. The molecule has 0 radical (unpaired) electrons. The van der Waals surface area contributed by atoms with Gasteiger partial charge in [-0.1, -0.05) is 35.3 Å². The van der Waals surface area contributed by atoms with Gasteiger partial charge in [0, 0.05) is 86.0 Å². The molecule has 8 rings (SSSR count). The number of ether oxygens (including phenoxy) is 3. The Bertz CT molecular complexity index is 2680. The zero-order valence-electron chi connectivity index (χ0n) is 36.9. The Morgan fingerprint density at radius 2 is 1.66 bits per heavy atom. The molecule has 1 fully saturated rings. The van der Waals surface area contributed by atoms with Crippen molar-refractivity contribution in [2.45, 2.75) is 79.0 Å². The van der Waals surface area contributed by atoms with Crippen LogP contribution in [-0.4, -0.2) is 93.5 Å². The summed E-state index contributed by atoms with van der Waals surface area (Å²) in [6, 6.07) is 13.7. The number of piperidine rings is 1. The van der Waals surface area contributed by atoms with Gasteiger partial charge in [-0.05, 0) is 113 Å². The van der Waals surface area contributed by atoms with Crippen molar-refractivity contribution >= 4 is 62.6 Å². The molecule has 0 spiro atoms. The first kappa shape index (κ1) is 43.8. The molecule has 0 bridgehead atoms. The van der Waals surface area contributed by atoms with Crippen LogP contribution >= 0.6 is 23.2 Å². The number of amides is 1. The number of nitrogens with zero attached hydrogens (tertiary/aromatic N) is 6. The van der Waals surface area contributed by atoms with E-state index in [1.165, 1.54) is 0 Å². The first-order valence-electron chi connectivity index (χ1n) is 21.4. The molecule has 0 unspecified atom stereocenters. The van der Waals surface area contributed by atoms with Gasteiger partial charge in [0.15, 0.2) is 5.69 Å². The molecule has 3 aromatic carbocycles. The fraction of sp³-hybridized carbons (Fsp3) is 0.438. The quantitative estimate of drug-likeness (QED) is 0.108. The Labute approximate surface area is 372 Å². The number of aromatic carboxylic acids is 1. The summed E-state index contributed by atoms with van der Waals surface area (Å²) < 4.78 is 23.1. The van der Waals surface area contributed by atoms with Crippen LogP contribution in [0.1, 0.15) is 86.8 Å². The molecule has 1 atom stereocenters. The average molecular weight is 884 g/mol. The predicted molar refractivity (Wildman–Crippen MR) is 246 cm³/mol. The number of aryl methyl sites for hydroxylation is 6. The molecular formula is C48H56Cl2N6O6. The molecule has 2 aliphatic heterocycles. The summed E-state index contributed by atoms with van der Waals surface area (Å²) in [6.45, 7) is 14.4. The highest BCUT2D eigenvalue weighted by atomic mass is 35.5. The number of rotatable bonds is 14. The number of hydrogen-bond acceptors (Lipinski definition) is 7. The summed E-state index contributed by atoms with van der Waals surface area (Å²) in [7, 11) is 5.37. The second kappa shape index (κ2) is 17.7. The highest BCUT2D eigenvalue weighted by Crippen LogP contribution is 2.46. The van der Waals surface area contributed by atoms with Crippen LogP contribution in [0.3, 0.4) is 0 Å². The lowest BCUT2D eigenvalue weighted by Crippen LogP contribution is -2.43. The minimum absolute atomic E-state index is 0.0742. The zero-order valence-corrected chi connectivity index (χ0v) is 38.4. The second-order valence-electron chi connectivity index (χ2n) is 17.0. The number of methoxy groups -OCH3 is 1. The van der Waals surface area contributed by atoms with Crippen molar-refractivity contribution < 1.29 is 28.9 Å². The summed E-state index contributed by atoms with van der Waals surface area (Å²) in [5, 5.41) is 18.5. The van der Waals surface area contributed by atoms with E-state index in [1.807, 2.05) is 69.8 Å². The van der Waals surface area contributed by atoms with E-state index in [2.05, 4.69) is 28.5 Å². The van der Waals surface area contributed by atoms with E-state index >= 15 is 4.79 Å². The predicted octanol–water partition coefficient (Wildman–Crippen LogP) is 9.63. The maximum Gasteiger partial charge on any atom is 0.354 e. The number of fused-ring (bicyclic) bond motifs is 4. The van der Waals surface area contributed by atoms with Crippen molar-refractivity contribution in [3.05, 3.63) is 97.5 Å². The molecule has 1 N–H and O–H groups in total. The van der Waals surface area contributed by atoms with Gasteiger partial charge in [0.2, 0.25) is 0 Å². The SMILES string of the molecule is COCCOC1CCN(Cc2ccc3c(c2)c(N2C[C@@H](C)n4c(c(CCCOc5cc(C)c(Cl)c(C)c5)c5ccc(Cl)c(-c6c(C)nn(C)c6C)c54)C2=O)c(C(=O)O)n3C)CC1. The monoisotopic (exact) mass is 882 g/mol. The number of anilines is 1. The normalized spacial score (nSPS) is 16.3. The Kier molecular flexibility index (Phi) is 12.5. The van der Waals surface area contributed by atoms with Gasteiger partial charge in [-0.3, -0.25) is 14.4 Å². The Morgan fingerprint density at radius 3 is 2.32 bits per heavy atom. The van der Waals surface area contributed by atoms with E-state index in [4.69, 9.17) is 42.5 Å². The van der Waals surface area contributed by atoms with Crippen LogP contribution in [0.15, 0.2) is 42.5 Å². The molecule has 6 aromatic rings. The van der Waals surface area contributed by atoms with Gasteiger partial charge in [0.05, 0.1) is 53.4 Å². The number of benzene rings is 3. The van der Waals surface area contributed by atoms with Gasteiger partial charge in [-0.25, -0.2) is 4.79 Å². The van der Waals surface area contributed by atoms with Crippen LogP contribution in [0.2, 0.25) is 10.0 Å². The summed E-state index contributed by atoms with van der Waals surface area (Å²) in [4.78, 5) is 32.9. The minimum atomic E-state index is -1.09. The van der Waals surface area contributed by atoms with E-state index in [-0.39, 0.29) is 30.3 Å². The van der Waals surface area contributed by atoms with E-state index in [1.54, 1.807) is 23.6 Å². The average Bonchev–Trinajstić information content (AvgIpc) is 3.82. The summed E-state index contributed by atoms with van der Waals surface area (Å²) in [5.41, 5.74) is 10.0. The second-order valence-corrected chi connectivity index (χ2v) is 17.8. The smallest absolute Gasteiger partial charge is 0.354 e. The molecule has 3 aromatic heterocycles. The highest BCUT2D eigenvalue weighted by Gasteiger charge is 2.40. The molecule has 62 heavy (non-hydrogen) atoms. The van der Waals surface area contributed by atoms with E-state index < -0.39 is 5.97 Å². The lowest BCUT2D eigenvalue weighted by molar-refractivity contribution is -0.0158. The Morgan fingerprint density at radius 1 is 0.935 bits per heavy atom. The number of hydrogen-bond donors (Lipinski definition) is 1. The Hall–Kier alpha value is -4.85. The maximum absolute atomic E-state index is 15.5. The number of likely N-dealkylation sites (tertiary alicyclic amines) is 1. The third-order valence-electron chi connectivity index (χ3n) is 12.9. The van der Waals surface area contributed by atoms with Crippen molar-refractivity contribution in [3.8, 4) is 16.9 Å². The molecule has 0 aliphatic carbocycles. The van der Waals surface area contributed by atoms with Gasteiger partial charge in [0.1, 0.15) is 11.4 Å². The van der Waals surface area contributed by atoms with Crippen LogP contribution in [0.25, 0.3) is 32.9 Å². The van der Waals surface area contributed by atoms with Crippen LogP contribution in [0.5, 0.6) is 5.75 Å². The molecule has 1 saturated heterocycles. The Balaban J connectivity index is 1.20. The van der Waals surface area contributed by atoms with E-state index in [0.29, 0.717) is 55.6 Å². The molecule has 14 heteroatoms. The van der Waals surface area contributed by atoms with Crippen molar-refractivity contribution in [2.24, 2.45) is 14.1 Å². The summed E-state index contributed by atoms with van der Waals surface area (Å²) in [6.07, 6.45) is 3.22. The van der Waals surface area contributed by atoms with Crippen LogP contribution in [-0.2, 0) is 36.5 Å². The van der Waals surface area contributed by atoms with Crippen LogP contribution < -0.4 is 9.64 Å². The first-order chi connectivity index (χ1) is 29.7. The molecular weight excluding hydrogens is 827 g/mol. The topological polar surface area (TPSA) is 116 Å². The van der Waals surface area contributed by atoms with Gasteiger partial charge < -0.3 is 33.4 Å². The van der Waals surface area contributed by atoms with Crippen molar-refractivity contribution in [1.29, 1.82) is 0 Å². The highest BCUT2D eigenvalue weighted by molar-refractivity contribution is 6.35. The number of carbonyl (C=O) groups excluding carboxylic acids is 1. The van der Waals surface area contributed by atoms with Crippen molar-refractivity contribution in [1.82, 2.24) is 23.8 Å². The molecule has 2 aliphatic rings. The van der Waals surface area contributed by atoms with Gasteiger partial charge >= 0.3 is 5.97 Å². The van der Waals surface area contributed by atoms with Gasteiger partial charge in [-0.15, -0.1) is 0 Å². The summed E-state index contributed by atoms with van der Waals surface area (Å²) in [5.74, 6) is -0.602. The number of aromatic nitrogens is 4. The van der Waals surface area contributed by atoms with Crippen molar-refractivity contribution in [3.63, 3.8) is 0 Å². The lowest BCUT2D eigenvalue weighted by atomic mass is 9.98. The lowest BCUT2D eigenvalue weighted by Gasteiger charge is -2.34. The molecule has 328 valence electrons. The van der Waals surface area contributed by atoms with Crippen LogP contribution in [0, 0.1) is 27.7 Å². The largest absolute Gasteiger partial charge is 0.494 e. The fourth-order valence-electron chi connectivity index (χ4n) is 9.80. The first-order valence-corrected chi connectivity index (χ1v) is 22.2. The van der Waals surface area contributed by atoms with Crippen LogP contribution in [0.4, 0.5) is 5.69 Å². The number of carboxylic acids is 1. The minimum Gasteiger partial charge on any atom is -0.494 e. The number of carbonyl (C=O) groups is 2. The third kappa shape index (κ3) is 7.89. The molecule has 1 amide bonds. The molecule has 12 nitrogen and oxygen atoms in total. The summed E-state index contributed by atoms with van der Waals surface area (Å²) >= 11 is 13.6. The third-order valence-corrected chi connectivity index (χ3v) is 13.8. The molecule has 5 heterocycles. The van der Waals surface area contributed by atoms with Gasteiger partial charge in [0.25, 0.3) is 5.91 Å². The zero-order chi connectivity index (χ0) is 44.1. The van der Waals surface area contributed by atoms with E-state index in [0.717, 1.165) is 103 Å². The van der Waals surface area contributed by atoms with E-state index in [9.17, 15) is 9.90 Å². The fourth-order valence-corrected chi connectivity index (χ4v) is 10.2. The van der Waals surface area contributed by atoms with Gasteiger partial charge in [-0.2, -0.15) is 5.10 Å². The molecule has 0 saturated carbocycles. The number of halogens is 2. The number of carboxylic acid groups (broad SMARTS) is 1. The van der Waals surface area contributed by atoms with Crippen molar-refractivity contribution in [2.75, 3.05) is 51.5 Å². The standard InChI is InChI=1S/C48H56Cl2N6O6/c1-27-22-34(23-28(2)42(27)50)61-19-9-10-35-36-12-13-38(49)41(40-30(4)51-53(7)31(40)5)43(36)56-29(3)25-55(47(57)45(35)56)44-37-24-32(11-14-39(37)52(6)46(44)48(58)59)26-54-17-15-33(16-18-54)62-21-20-60-8/h11-14,22-24,29,33H,9-10,15-21,25-26H2,1-8H3,(H,58,59)/t29-/m1/s1.